The van der Waals surface area contributed by atoms with Crippen LogP contribution in [-0.2, 0) is 28.5 Å². The predicted octanol–water partition coefficient (Wildman–Crippen LogP) is 6.55. The highest BCUT2D eigenvalue weighted by Crippen LogP contribution is 2.39. The highest BCUT2D eigenvalue weighted by Gasteiger charge is 2.43. The van der Waals surface area contributed by atoms with Crippen molar-refractivity contribution >= 4 is 12.1 Å². The number of carbonyl (C=O) groups excluding carboxylic acids is 2. The van der Waals surface area contributed by atoms with E-state index in [4.69, 9.17) is 18.9 Å². The van der Waals surface area contributed by atoms with Crippen molar-refractivity contribution in [2.45, 2.75) is 135 Å². The second-order valence-corrected chi connectivity index (χ2v) is 11.6. The smallest absolute Gasteiger partial charge is 0.158 e. The summed E-state index contributed by atoms with van der Waals surface area (Å²) in [5, 5.41) is 0. The lowest BCUT2D eigenvalue weighted by molar-refractivity contribution is -0.198. The summed E-state index contributed by atoms with van der Waals surface area (Å²) < 4.78 is 24.8. The Morgan fingerprint density at radius 3 is 2.39 bits per heavy atom. The molecule has 1 saturated carbocycles. The van der Waals surface area contributed by atoms with E-state index in [1.165, 1.54) is 0 Å². The lowest BCUT2D eigenvalue weighted by Gasteiger charge is -2.36. The molecule has 3 fully saturated rings. The van der Waals surface area contributed by atoms with Crippen LogP contribution in [0.1, 0.15) is 111 Å². The molecule has 3 aliphatic rings. The van der Waals surface area contributed by atoms with Gasteiger partial charge in [-0.15, -0.1) is 0 Å². The lowest BCUT2D eigenvalue weighted by atomic mass is 9.80. The van der Waals surface area contributed by atoms with Crippen LogP contribution in [0.5, 0.6) is 0 Å². The summed E-state index contributed by atoms with van der Waals surface area (Å²) in [4.78, 5) is 23.9. The fourth-order valence-electron chi connectivity index (χ4n) is 5.79. The second kappa shape index (κ2) is 15.4. The van der Waals surface area contributed by atoms with Crippen LogP contribution in [0, 0.1) is 17.3 Å². The van der Waals surface area contributed by atoms with Crippen LogP contribution >= 0.6 is 0 Å². The average Bonchev–Trinajstić information content (AvgIpc) is 3.17. The van der Waals surface area contributed by atoms with Crippen molar-refractivity contribution in [3.8, 4) is 0 Å². The van der Waals surface area contributed by atoms with Gasteiger partial charge in [0.2, 0.25) is 0 Å². The number of hydrogen-bond donors (Lipinski definition) is 0. The fraction of sp³-hybridized carbons (Fsp3) is 0.867. The van der Waals surface area contributed by atoms with E-state index in [1.54, 1.807) is 0 Å². The molecule has 0 amide bonds. The Hall–Kier alpha value is -1.08. The van der Waals surface area contributed by atoms with Gasteiger partial charge in [-0.1, -0.05) is 52.2 Å². The highest BCUT2D eigenvalue weighted by molar-refractivity contribution is 5.84. The van der Waals surface area contributed by atoms with E-state index in [0.717, 1.165) is 96.5 Å². The molecule has 2 heterocycles. The zero-order valence-electron chi connectivity index (χ0n) is 23.0. The van der Waals surface area contributed by atoms with E-state index >= 15 is 0 Å². The van der Waals surface area contributed by atoms with Crippen LogP contribution in [0.2, 0.25) is 0 Å². The van der Waals surface area contributed by atoms with Gasteiger partial charge >= 0.3 is 0 Å². The zero-order valence-corrected chi connectivity index (χ0v) is 23.0. The van der Waals surface area contributed by atoms with Crippen molar-refractivity contribution in [2.24, 2.45) is 17.3 Å². The molecule has 0 bridgehead atoms. The average molecular weight is 507 g/mol. The molecule has 2 unspecified atom stereocenters. The maximum absolute atomic E-state index is 13.1. The summed E-state index contributed by atoms with van der Waals surface area (Å²) in [7, 11) is 0. The number of unbranched alkanes of at least 4 members (excludes halogenated alkanes) is 3. The van der Waals surface area contributed by atoms with Crippen LogP contribution in [0.25, 0.3) is 0 Å². The minimum absolute atomic E-state index is 0.000364. The third-order valence-electron chi connectivity index (χ3n) is 8.15. The summed E-state index contributed by atoms with van der Waals surface area (Å²) in [6, 6.07) is 0. The third kappa shape index (κ3) is 9.04. The normalized spacial score (nSPS) is 30.6. The molecule has 206 valence electrons. The van der Waals surface area contributed by atoms with Crippen molar-refractivity contribution in [3.05, 3.63) is 12.2 Å². The number of hydrogen-bond acceptors (Lipinski definition) is 6. The molecular weight excluding hydrogens is 456 g/mol. The molecular formula is C30H50O6. The summed E-state index contributed by atoms with van der Waals surface area (Å²) in [6.45, 7) is 8.26. The van der Waals surface area contributed by atoms with Gasteiger partial charge in [-0.3, -0.25) is 4.79 Å². The van der Waals surface area contributed by atoms with E-state index in [0.29, 0.717) is 12.8 Å². The van der Waals surface area contributed by atoms with E-state index in [1.807, 2.05) is 0 Å². The fourth-order valence-corrected chi connectivity index (χ4v) is 5.79. The molecule has 0 aromatic carbocycles. The first-order valence-electron chi connectivity index (χ1n) is 14.6. The Morgan fingerprint density at radius 1 is 1.03 bits per heavy atom. The summed E-state index contributed by atoms with van der Waals surface area (Å²) in [6.07, 6.45) is 17.8. The molecule has 0 radical (unpaired) electrons. The van der Waals surface area contributed by atoms with Gasteiger partial charge in [0, 0.05) is 37.9 Å². The number of ketones is 1. The molecule has 0 aromatic heterocycles. The van der Waals surface area contributed by atoms with Gasteiger partial charge in [0.05, 0.1) is 12.2 Å². The number of aldehydes is 1. The minimum atomic E-state index is -0.218. The van der Waals surface area contributed by atoms with E-state index in [-0.39, 0.29) is 47.8 Å². The summed E-state index contributed by atoms with van der Waals surface area (Å²) in [5.74, 6) is 0.196. The Morgan fingerprint density at radius 2 is 1.75 bits per heavy atom. The molecule has 2 aliphatic heterocycles. The standard InChI is InChI=1S/C30H50O6/c1-4-5-18-30(2,3)27(36-29-15-9-12-21-34-29)17-16-24-23(13-7-6-10-19-31)25(32)22-26(24)35-28-14-8-11-20-33-28/h16-17,19,23-24,26-29H,4-15,18,20-22H2,1-3H3/t23-,24-,26-,27-,28?,29?/m1/s1. The number of Topliss-reactive ketones (excluding diaryl/α,β-unsaturated/α-hetero) is 1. The maximum Gasteiger partial charge on any atom is 0.158 e. The van der Waals surface area contributed by atoms with Crippen LogP contribution in [0.4, 0.5) is 0 Å². The van der Waals surface area contributed by atoms with Gasteiger partial charge in [-0.2, -0.15) is 0 Å². The maximum atomic E-state index is 13.1. The van der Waals surface area contributed by atoms with Gasteiger partial charge in [-0.25, -0.2) is 0 Å². The molecule has 0 spiro atoms. The molecule has 6 atom stereocenters. The second-order valence-electron chi connectivity index (χ2n) is 11.6. The zero-order chi connectivity index (χ0) is 25.8. The monoisotopic (exact) mass is 506 g/mol. The Balaban J connectivity index is 1.77. The molecule has 6 nitrogen and oxygen atoms in total. The van der Waals surface area contributed by atoms with Crippen molar-refractivity contribution in [1.29, 1.82) is 0 Å². The van der Waals surface area contributed by atoms with Gasteiger partial charge in [0.1, 0.15) is 12.1 Å². The van der Waals surface area contributed by atoms with Gasteiger partial charge in [0.15, 0.2) is 12.6 Å². The minimum Gasteiger partial charge on any atom is -0.353 e. The first kappa shape index (κ1) is 29.5. The number of rotatable bonds is 15. The number of carbonyl (C=O) groups is 2. The first-order valence-corrected chi connectivity index (χ1v) is 14.6. The van der Waals surface area contributed by atoms with E-state index in [2.05, 4.69) is 32.9 Å². The Bertz CT molecular complexity index is 677. The molecule has 2 saturated heterocycles. The third-order valence-corrected chi connectivity index (χ3v) is 8.15. The molecule has 36 heavy (non-hydrogen) atoms. The van der Waals surface area contributed by atoms with Gasteiger partial charge in [0.25, 0.3) is 0 Å². The van der Waals surface area contributed by atoms with Crippen LogP contribution in [0.3, 0.4) is 0 Å². The molecule has 1 aliphatic carbocycles. The highest BCUT2D eigenvalue weighted by atomic mass is 16.7. The van der Waals surface area contributed by atoms with Gasteiger partial charge < -0.3 is 23.7 Å². The molecule has 0 aromatic rings. The van der Waals surface area contributed by atoms with Crippen molar-refractivity contribution in [1.82, 2.24) is 0 Å². The van der Waals surface area contributed by atoms with E-state index in [9.17, 15) is 9.59 Å². The van der Waals surface area contributed by atoms with Crippen molar-refractivity contribution < 1.29 is 28.5 Å². The molecule has 0 N–H and O–H groups in total. The van der Waals surface area contributed by atoms with Crippen LogP contribution < -0.4 is 0 Å². The Kier molecular flexibility index (Phi) is 12.6. The largest absolute Gasteiger partial charge is 0.353 e. The van der Waals surface area contributed by atoms with E-state index < -0.39 is 0 Å². The molecule has 3 rings (SSSR count). The Labute approximate surface area is 218 Å². The first-order chi connectivity index (χ1) is 17.4. The SMILES string of the molecule is CCCCC(C)(C)[C@@H](C=C[C@H]1[C@H](OC2CCCCO2)CC(=O)[C@@H]1CCCCC=O)OC1CCCCO1. The quantitative estimate of drug-likeness (QED) is 0.143. The summed E-state index contributed by atoms with van der Waals surface area (Å²) in [5.41, 5.74) is -0.0434. The van der Waals surface area contributed by atoms with Crippen molar-refractivity contribution in [3.63, 3.8) is 0 Å². The van der Waals surface area contributed by atoms with Crippen LogP contribution in [-0.4, -0.2) is 50.1 Å². The molecule has 6 heteroatoms. The lowest BCUT2D eigenvalue weighted by Crippen LogP contribution is -2.37. The van der Waals surface area contributed by atoms with Crippen molar-refractivity contribution in [2.75, 3.05) is 13.2 Å². The topological polar surface area (TPSA) is 71.1 Å². The van der Waals surface area contributed by atoms with Gasteiger partial charge in [-0.05, 0) is 63.2 Å². The van der Waals surface area contributed by atoms with Crippen LogP contribution in [0.15, 0.2) is 12.2 Å². The predicted molar refractivity (Wildman–Crippen MR) is 141 cm³/mol. The number of ether oxygens (including phenoxy) is 4. The summed E-state index contributed by atoms with van der Waals surface area (Å²) >= 11 is 0.